The third-order valence-electron chi connectivity index (χ3n) is 6.91. The molecule has 40 heavy (non-hydrogen) atoms. The number of hydrogen-bond acceptors (Lipinski definition) is 7. The fourth-order valence-electron chi connectivity index (χ4n) is 4.87. The number of nitrogens with two attached hydrogens (primary N) is 2. The van der Waals surface area contributed by atoms with Gasteiger partial charge in [-0.2, -0.15) is 17.9 Å². The number of amides is 1. The number of benzene rings is 3. The van der Waals surface area contributed by atoms with Crippen LogP contribution in [0, 0.1) is 10.8 Å². The number of nitrogens with one attached hydrogen (secondary N) is 1. The number of tetrazole rings is 1. The van der Waals surface area contributed by atoms with Crippen LogP contribution in [0.4, 0.5) is 13.2 Å². The van der Waals surface area contributed by atoms with Gasteiger partial charge in [-0.1, -0.05) is 65.3 Å². The number of amidine groups is 1. The highest BCUT2D eigenvalue weighted by Gasteiger charge is 2.66. The molecule has 3 aromatic carbocycles. The molecular formula is C26H20ClF3N8O2. The van der Waals surface area contributed by atoms with E-state index in [4.69, 9.17) is 33.3 Å². The molecule has 14 heteroatoms. The summed E-state index contributed by atoms with van der Waals surface area (Å²) in [5, 5.41) is 23.2. The molecule has 5 N–H and O–H groups in total. The first-order chi connectivity index (χ1) is 18.9. The Morgan fingerprint density at radius 2 is 1.80 bits per heavy atom. The molecule has 2 atom stereocenters. The molecule has 4 aromatic rings. The summed E-state index contributed by atoms with van der Waals surface area (Å²) < 4.78 is 42.3. The van der Waals surface area contributed by atoms with Gasteiger partial charge in [-0.25, -0.2) is 0 Å². The first kappa shape index (κ1) is 26.8. The van der Waals surface area contributed by atoms with Gasteiger partial charge < -0.3 is 16.3 Å². The monoisotopic (exact) mass is 568 g/mol. The molecule has 1 aromatic heterocycles. The molecule has 2 unspecified atom stereocenters. The molecule has 0 saturated heterocycles. The molecule has 10 nitrogen and oxygen atoms in total. The molecule has 0 saturated carbocycles. The lowest BCUT2D eigenvalue weighted by molar-refractivity contribution is -0.150. The van der Waals surface area contributed by atoms with E-state index in [1.54, 1.807) is 24.3 Å². The van der Waals surface area contributed by atoms with Crippen LogP contribution in [0.3, 0.4) is 0 Å². The molecule has 2 heterocycles. The van der Waals surface area contributed by atoms with Crippen LogP contribution in [0.25, 0.3) is 11.1 Å². The molecule has 1 aliphatic rings. The quantitative estimate of drug-likeness (QED) is 0.236. The Morgan fingerprint density at radius 1 is 1.05 bits per heavy atom. The highest BCUT2D eigenvalue weighted by molar-refractivity contribution is 6.32. The number of nitrogen functional groups attached to an aromatic ring is 1. The smallest absolute Gasteiger partial charge is 0.384 e. The highest BCUT2D eigenvalue weighted by atomic mass is 35.5. The van der Waals surface area contributed by atoms with Gasteiger partial charge in [0.1, 0.15) is 17.9 Å². The van der Waals surface area contributed by atoms with Crippen LogP contribution in [-0.2, 0) is 21.5 Å². The molecular weight excluding hydrogens is 549 g/mol. The van der Waals surface area contributed by atoms with E-state index in [9.17, 15) is 18.0 Å². The SMILES string of the molecule is CC1(C(N)=O)C(c2cccc(C(=N)N)c2)=NOC1(c1ccc(-c2ccccc2C(F)(F)F)cc1Cl)n1cnnn1. The molecule has 0 radical (unpaired) electrons. The van der Waals surface area contributed by atoms with Crippen molar-refractivity contribution in [1.29, 1.82) is 5.41 Å². The van der Waals surface area contributed by atoms with Crippen molar-refractivity contribution in [2.45, 2.75) is 18.8 Å². The zero-order chi connectivity index (χ0) is 28.9. The van der Waals surface area contributed by atoms with Crippen LogP contribution < -0.4 is 11.5 Å². The largest absolute Gasteiger partial charge is 0.417 e. The van der Waals surface area contributed by atoms with Crippen LogP contribution in [0.1, 0.15) is 29.2 Å². The van der Waals surface area contributed by atoms with Gasteiger partial charge in [-0.3, -0.25) is 10.2 Å². The van der Waals surface area contributed by atoms with Gasteiger partial charge in [0.15, 0.2) is 5.41 Å². The van der Waals surface area contributed by atoms with E-state index in [0.717, 1.165) is 10.7 Å². The van der Waals surface area contributed by atoms with E-state index < -0.39 is 28.8 Å². The summed E-state index contributed by atoms with van der Waals surface area (Å²) in [6, 6.07) is 15.6. The van der Waals surface area contributed by atoms with Crippen molar-refractivity contribution in [1.82, 2.24) is 20.2 Å². The Kier molecular flexibility index (Phi) is 6.33. The number of carbonyl (C=O) groups is 1. The summed E-state index contributed by atoms with van der Waals surface area (Å²) in [6.45, 7) is 1.46. The normalized spacial score (nSPS) is 20.6. The lowest BCUT2D eigenvalue weighted by Gasteiger charge is -2.39. The van der Waals surface area contributed by atoms with Crippen molar-refractivity contribution in [3.63, 3.8) is 0 Å². The van der Waals surface area contributed by atoms with Crippen LogP contribution in [0.5, 0.6) is 0 Å². The molecule has 204 valence electrons. The molecule has 0 bridgehead atoms. The maximum atomic E-state index is 13.7. The maximum Gasteiger partial charge on any atom is 0.417 e. The van der Waals surface area contributed by atoms with E-state index in [-0.39, 0.29) is 33.3 Å². The average Bonchev–Trinajstić information content (AvgIpc) is 3.56. The summed E-state index contributed by atoms with van der Waals surface area (Å²) in [4.78, 5) is 19.3. The van der Waals surface area contributed by atoms with Gasteiger partial charge >= 0.3 is 6.18 Å². The number of alkyl halides is 3. The van der Waals surface area contributed by atoms with Crippen LogP contribution in [0.2, 0.25) is 5.02 Å². The molecule has 0 fully saturated rings. The van der Waals surface area contributed by atoms with Gasteiger partial charge in [0.2, 0.25) is 5.91 Å². The Morgan fingerprint density at radius 3 is 2.42 bits per heavy atom. The van der Waals surface area contributed by atoms with Gasteiger partial charge in [0.25, 0.3) is 5.72 Å². The summed E-state index contributed by atoms with van der Waals surface area (Å²) in [5.74, 6) is -1.11. The lowest BCUT2D eigenvalue weighted by atomic mass is 9.69. The summed E-state index contributed by atoms with van der Waals surface area (Å²) >= 11 is 6.73. The third-order valence-corrected chi connectivity index (χ3v) is 7.22. The molecule has 5 rings (SSSR count). The van der Waals surface area contributed by atoms with E-state index in [1.807, 2.05) is 0 Å². The standard InChI is InChI=1S/C26H20ClF3N8O2/c1-24(23(33)39)21(15-5-4-6-16(11-15)22(31)32)35-40-25(24,38-13-34-36-37-38)19-10-9-14(12-20(19)27)17-7-2-3-8-18(17)26(28,29)30/h2-13H,1H3,(H3,31,32)(H2,33,39). The van der Waals surface area contributed by atoms with Gasteiger partial charge in [-0.05, 0) is 46.7 Å². The minimum absolute atomic E-state index is 0.0635. The van der Waals surface area contributed by atoms with Crippen LogP contribution in [-0.4, -0.2) is 37.7 Å². The second-order valence-corrected chi connectivity index (χ2v) is 9.56. The second kappa shape index (κ2) is 9.45. The summed E-state index contributed by atoms with van der Waals surface area (Å²) in [7, 11) is 0. The Hall–Kier alpha value is -4.78. The number of halogens is 4. The summed E-state index contributed by atoms with van der Waals surface area (Å²) in [5.41, 5.74) is 7.98. The summed E-state index contributed by atoms with van der Waals surface area (Å²) in [6.07, 6.45) is -3.43. The van der Waals surface area contributed by atoms with Crippen molar-refractivity contribution >= 4 is 29.1 Å². The zero-order valence-corrected chi connectivity index (χ0v) is 21.4. The maximum absolute atomic E-state index is 13.7. The number of aromatic nitrogens is 4. The molecule has 1 aliphatic heterocycles. The Labute approximate surface area is 229 Å². The van der Waals surface area contributed by atoms with Crippen LogP contribution >= 0.6 is 11.6 Å². The number of carbonyl (C=O) groups excluding carboxylic acids is 1. The van der Waals surface area contributed by atoms with Gasteiger partial charge in [-0.15, -0.1) is 5.10 Å². The number of primary amides is 1. The number of nitrogens with zero attached hydrogens (tertiary/aromatic N) is 5. The fourth-order valence-corrected chi connectivity index (χ4v) is 5.18. The predicted molar refractivity (Wildman–Crippen MR) is 139 cm³/mol. The average molecular weight is 569 g/mol. The fraction of sp³-hybridized carbons (Fsp3) is 0.154. The van der Waals surface area contributed by atoms with Crippen molar-refractivity contribution in [2.24, 2.45) is 22.0 Å². The molecule has 0 aliphatic carbocycles. The van der Waals surface area contributed by atoms with Crippen molar-refractivity contribution in [3.05, 3.63) is 100 Å². The van der Waals surface area contributed by atoms with E-state index >= 15 is 0 Å². The van der Waals surface area contributed by atoms with Gasteiger partial charge in [0.05, 0.1) is 10.6 Å². The van der Waals surface area contributed by atoms with E-state index in [2.05, 4.69) is 20.7 Å². The zero-order valence-electron chi connectivity index (χ0n) is 20.6. The Balaban J connectivity index is 1.72. The minimum atomic E-state index is -4.61. The first-order valence-corrected chi connectivity index (χ1v) is 12.0. The topological polar surface area (TPSA) is 158 Å². The highest BCUT2D eigenvalue weighted by Crippen LogP contribution is 2.53. The van der Waals surface area contributed by atoms with E-state index in [1.165, 1.54) is 49.6 Å². The van der Waals surface area contributed by atoms with Gasteiger partial charge in [0, 0.05) is 16.7 Å². The number of oxime groups is 1. The number of rotatable bonds is 6. The second-order valence-electron chi connectivity index (χ2n) is 9.15. The first-order valence-electron chi connectivity index (χ1n) is 11.6. The van der Waals surface area contributed by atoms with Crippen molar-refractivity contribution in [3.8, 4) is 11.1 Å². The minimum Gasteiger partial charge on any atom is -0.384 e. The molecule has 1 amide bonds. The van der Waals surface area contributed by atoms with Crippen LogP contribution in [0.15, 0.2) is 78.2 Å². The Bertz CT molecular complexity index is 1670. The predicted octanol–water partition coefficient (Wildman–Crippen LogP) is 3.92. The lowest BCUT2D eigenvalue weighted by Crippen LogP contribution is -2.58. The van der Waals surface area contributed by atoms with Crippen molar-refractivity contribution < 1.29 is 22.8 Å². The van der Waals surface area contributed by atoms with E-state index in [0.29, 0.717) is 11.1 Å². The third kappa shape index (κ3) is 3.97. The molecule has 0 spiro atoms. The van der Waals surface area contributed by atoms with Crippen molar-refractivity contribution in [2.75, 3.05) is 0 Å². The number of hydrogen-bond donors (Lipinski definition) is 3.